The Hall–Kier alpha value is -1.67. The van der Waals surface area contributed by atoms with E-state index in [2.05, 4.69) is 10.2 Å². The number of hydrogen-bond acceptors (Lipinski definition) is 5. The fraction of sp³-hybridized carbons (Fsp3) is 0.812. The molecule has 0 bridgehead atoms. The van der Waals surface area contributed by atoms with Crippen molar-refractivity contribution in [3.05, 3.63) is 0 Å². The van der Waals surface area contributed by atoms with E-state index in [0.717, 1.165) is 0 Å². The van der Waals surface area contributed by atoms with Crippen LogP contribution in [0.15, 0.2) is 0 Å². The Morgan fingerprint density at radius 2 is 1.79 bits per heavy atom. The van der Waals surface area contributed by atoms with Crippen LogP contribution in [0.4, 0.5) is 0 Å². The topological polar surface area (TPSA) is 93.2 Å². The number of β-amino-alcohol motifs (C(OH)–C–C–N with tert-alkyl or cyclic N) is 1. The quantitative estimate of drug-likeness (QED) is 0.646. The average molecular weight is 338 g/mol. The summed E-state index contributed by atoms with van der Waals surface area (Å²) in [4.78, 5) is 40.9. The van der Waals surface area contributed by atoms with Crippen LogP contribution < -0.4 is 5.32 Å². The van der Waals surface area contributed by atoms with Gasteiger partial charge in [-0.3, -0.25) is 19.3 Å². The van der Waals surface area contributed by atoms with Gasteiger partial charge in [0.2, 0.25) is 17.7 Å². The van der Waals surface area contributed by atoms with Crippen molar-refractivity contribution >= 4 is 17.7 Å². The summed E-state index contributed by atoms with van der Waals surface area (Å²) in [6.07, 6.45) is 0.614. The summed E-state index contributed by atoms with van der Waals surface area (Å²) in [5.41, 5.74) is -0.226. The third-order valence-corrected chi connectivity index (χ3v) is 5.40. The second-order valence-electron chi connectivity index (χ2n) is 7.30. The first-order valence-corrected chi connectivity index (χ1v) is 8.53. The van der Waals surface area contributed by atoms with Crippen molar-refractivity contribution in [2.75, 3.05) is 39.3 Å². The van der Waals surface area contributed by atoms with E-state index in [1.54, 1.807) is 11.8 Å². The van der Waals surface area contributed by atoms with Crippen molar-refractivity contribution in [1.82, 2.24) is 20.0 Å². The number of carbonyl (C=O) groups excluding carboxylic acids is 3. The van der Waals surface area contributed by atoms with E-state index in [-0.39, 0.29) is 41.8 Å². The molecule has 0 aromatic carbocycles. The number of aliphatic hydroxyl groups is 1. The molecular formula is C16H26N4O4. The monoisotopic (exact) mass is 338 g/mol. The molecule has 3 amide bonds. The standard InChI is InChI=1S/C16H26N4O4/c1-11(21)17-4-3-15(24)19-9-16(10-19)8-18(12(2)22)6-13-5-14(23)7-20(13)16/h13-14,23H,3-10H2,1-2H3,(H,17,21)/t13-,14-/m1/s1. The van der Waals surface area contributed by atoms with Gasteiger partial charge in [0.05, 0.1) is 11.6 Å². The van der Waals surface area contributed by atoms with Gasteiger partial charge in [0.25, 0.3) is 0 Å². The first kappa shape index (κ1) is 17.2. The number of amides is 3. The first-order chi connectivity index (χ1) is 11.3. The van der Waals surface area contributed by atoms with E-state index < -0.39 is 0 Å². The second kappa shape index (κ2) is 6.33. The molecular weight excluding hydrogens is 312 g/mol. The number of nitrogens with zero attached hydrogens (tertiary/aromatic N) is 3. The van der Waals surface area contributed by atoms with Gasteiger partial charge in [0, 0.05) is 65.6 Å². The van der Waals surface area contributed by atoms with E-state index in [1.807, 2.05) is 4.90 Å². The van der Waals surface area contributed by atoms with Crippen molar-refractivity contribution < 1.29 is 19.5 Å². The van der Waals surface area contributed by atoms with Gasteiger partial charge in [-0.1, -0.05) is 0 Å². The van der Waals surface area contributed by atoms with Crippen molar-refractivity contribution in [1.29, 1.82) is 0 Å². The van der Waals surface area contributed by atoms with Crippen LogP contribution >= 0.6 is 0 Å². The highest BCUT2D eigenvalue weighted by Crippen LogP contribution is 2.39. The molecule has 8 nitrogen and oxygen atoms in total. The fourth-order valence-electron chi connectivity index (χ4n) is 4.28. The maximum atomic E-state index is 12.2. The zero-order valence-corrected chi connectivity index (χ0v) is 14.3. The maximum Gasteiger partial charge on any atom is 0.224 e. The van der Waals surface area contributed by atoms with Crippen LogP contribution in [0.25, 0.3) is 0 Å². The summed E-state index contributed by atoms with van der Waals surface area (Å²) in [6.45, 7) is 6.40. The molecule has 0 aliphatic carbocycles. The number of hydrogen-bond donors (Lipinski definition) is 2. The van der Waals surface area contributed by atoms with Crippen LogP contribution in [-0.4, -0.2) is 94.5 Å². The highest BCUT2D eigenvalue weighted by molar-refractivity contribution is 5.79. The number of likely N-dealkylation sites (tertiary alicyclic amines) is 1. The number of rotatable bonds is 3. The van der Waals surface area contributed by atoms with Gasteiger partial charge in [-0.2, -0.15) is 0 Å². The van der Waals surface area contributed by atoms with Crippen LogP contribution in [0, 0.1) is 0 Å². The molecule has 24 heavy (non-hydrogen) atoms. The maximum absolute atomic E-state index is 12.2. The minimum absolute atomic E-state index is 0.0191. The van der Waals surface area contributed by atoms with Crippen LogP contribution in [0.1, 0.15) is 26.7 Å². The molecule has 134 valence electrons. The SMILES string of the molecule is CC(=O)NCCC(=O)N1CC2(CN(C(C)=O)C[C@H]3C[C@@H](O)CN32)C1. The summed E-state index contributed by atoms with van der Waals surface area (Å²) in [6, 6.07) is 0.175. The lowest BCUT2D eigenvalue weighted by atomic mass is 9.83. The Morgan fingerprint density at radius 1 is 1.12 bits per heavy atom. The lowest BCUT2D eigenvalue weighted by molar-refractivity contribution is -0.161. The van der Waals surface area contributed by atoms with Crippen LogP contribution in [0.2, 0.25) is 0 Å². The molecule has 3 rings (SSSR count). The van der Waals surface area contributed by atoms with E-state index >= 15 is 0 Å². The van der Waals surface area contributed by atoms with E-state index in [4.69, 9.17) is 0 Å². The Bertz CT molecular complexity index is 546. The van der Waals surface area contributed by atoms with E-state index in [1.165, 1.54) is 6.92 Å². The predicted molar refractivity (Wildman–Crippen MR) is 86.0 cm³/mol. The third-order valence-electron chi connectivity index (χ3n) is 5.40. The molecule has 3 fully saturated rings. The van der Waals surface area contributed by atoms with Gasteiger partial charge in [-0.05, 0) is 6.42 Å². The summed E-state index contributed by atoms with van der Waals surface area (Å²) < 4.78 is 0. The zero-order chi connectivity index (χ0) is 17.5. The molecule has 0 saturated carbocycles. The number of fused-ring (bicyclic) bond motifs is 2. The van der Waals surface area contributed by atoms with E-state index in [0.29, 0.717) is 45.7 Å². The van der Waals surface area contributed by atoms with Gasteiger partial charge in [-0.15, -0.1) is 0 Å². The minimum atomic E-state index is -0.358. The minimum Gasteiger partial charge on any atom is -0.392 e. The molecule has 3 saturated heterocycles. The highest BCUT2D eigenvalue weighted by Gasteiger charge is 2.57. The van der Waals surface area contributed by atoms with Crippen LogP contribution in [-0.2, 0) is 14.4 Å². The third kappa shape index (κ3) is 3.12. The molecule has 3 aliphatic heterocycles. The number of nitrogens with one attached hydrogen (secondary N) is 1. The van der Waals surface area contributed by atoms with Gasteiger partial charge >= 0.3 is 0 Å². The fourth-order valence-corrected chi connectivity index (χ4v) is 4.28. The Kier molecular flexibility index (Phi) is 4.52. The van der Waals surface area contributed by atoms with Crippen molar-refractivity contribution in [3.8, 4) is 0 Å². The molecule has 0 aromatic heterocycles. The molecule has 0 unspecified atom stereocenters. The van der Waals surface area contributed by atoms with Gasteiger partial charge in [0.1, 0.15) is 0 Å². The number of aliphatic hydroxyl groups excluding tert-OH is 1. The van der Waals surface area contributed by atoms with Crippen LogP contribution in [0.5, 0.6) is 0 Å². The molecule has 2 atom stereocenters. The smallest absolute Gasteiger partial charge is 0.224 e. The van der Waals surface area contributed by atoms with Crippen molar-refractivity contribution in [2.45, 2.75) is 44.4 Å². The Morgan fingerprint density at radius 3 is 2.42 bits per heavy atom. The summed E-state index contributed by atoms with van der Waals surface area (Å²) in [7, 11) is 0. The molecule has 8 heteroatoms. The molecule has 3 aliphatic rings. The average Bonchev–Trinajstić information content (AvgIpc) is 2.83. The Balaban J connectivity index is 1.61. The lowest BCUT2D eigenvalue weighted by Crippen LogP contribution is -2.79. The normalized spacial score (nSPS) is 28.5. The summed E-state index contributed by atoms with van der Waals surface area (Å²) >= 11 is 0. The largest absolute Gasteiger partial charge is 0.392 e. The zero-order valence-electron chi connectivity index (χ0n) is 14.3. The summed E-state index contributed by atoms with van der Waals surface area (Å²) in [5, 5.41) is 12.6. The van der Waals surface area contributed by atoms with Gasteiger partial charge in [0.15, 0.2) is 0 Å². The Labute approximate surface area is 141 Å². The molecule has 2 N–H and O–H groups in total. The van der Waals surface area contributed by atoms with Gasteiger partial charge < -0.3 is 20.2 Å². The summed E-state index contributed by atoms with van der Waals surface area (Å²) in [5.74, 6) is -0.0716. The molecule has 0 radical (unpaired) electrons. The van der Waals surface area contributed by atoms with E-state index in [9.17, 15) is 19.5 Å². The predicted octanol–water partition coefficient (Wildman–Crippen LogP) is -1.61. The van der Waals surface area contributed by atoms with Crippen molar-refractivity contribution in [3.63, 3.8) is 0 Å². The molecule has 1 spiro atoms. The lowest BCUT2D eigenvalue weighted by Gasteiger charge is -2.60. The number of piperazine rings is 1. The highest BCUT2D eigenvalue weighted by atomic mass is 16.3. The first-order valence-electron chi connectivity index (χ1n) is 8.53. The molecule has 0 aromatic rings. The van der Waals surface area contributed by atoms with Gasteiger partial charge in [-0.25, -0.2) is 0 Å². The number of carbonyl (C=O) groups is 3. The second-order valence-corrected chi connectivity index (χ2v) is 7.30. The molecule has 3 heterocycles. The van der Waals surface area contributed by atoms with Crippen LogP contribution in [0.3, 0.4) is 0 Å². The van der Waals surface area contributed by atoms with Crippen molar-refractivity contribution in [2.24, 2.45) is 0 Å².